The number of amides is 1. The molecule has 1 heterocycles. The molecule has 1 atom stereocenters. The third-order valence-corrected chi connectivity index (χ3v) is 5.67. The van der Waals surface area contributed by atoms with Gasteiger partial charge in [-0.3, -0.25) is 9.59 Å². The van der Waals surface area contributed by atoms with Gasteiger partial charge in [-0.2, -0.15) is 5.01 Å². The Kier molecular flexibility index (Phi) is 5.95. The van der Waals surface area contributed by atoms with Crippen molar-refractivity contribution in [1.82, 2.24) is 5.01 Å². The molecule has 32 heavy (non-hydrogen) atoms. The number of carbonyl (C=O) groups is 2. The van der Waals surface area contributed by atoms with E-state index in [1.54, 1.807) is 0 Å². The number of methoxy groups -OCH3 is 1. The van der Waals surface area contributed by atoms with Gasteiger partial charge in [-0.05, 0) is 16.8 Å². The lowest BCUT2D eigenvalue weighted by molar-refractivity contribution is -0.135. The molecule has 4 rings (SSSR count). The maximum Gasteiger partial charge on any atom is 0.308 e. The van der Waals surface area contributed by atoms with Gasteiger partial charge in [0.05, 0.1) is 22.7 Å². The van der Waals surface area contributed by atoms with Crippen LogP contribution in [0, 0.1) is 0 Å². The lowest BCUT2D eigenvalue weighted by Crippen LogP contribution is -2.26. The molecule has 0 saturated heterocycles. The van der Waals surface area contributed by atoms with Crippen LogP contribution in [0.3, 0.4) is 0 Å². The molecule has 0 saturated carbocycles. The molecule has 9 heteroatoms. The highest BCUT2D eigenvalue weighted by Crippen LogP contribution is 2.48. The zero-order valence-electron chi connectivity index (χ0n) is 17.4. The fourth-order valence-electron chi connectivity index (χ4n) is 3.50. The van der Waals surface area contributed by atoms with Crippen molar-refractivity contribution in [1.29, 1.82) is 0 Å². The van der Waals surface area contributed by atoms with Gasteiger partial charge in [0.25, 0.3) is 0 Å². The van der Waals surface area contributed by atoms with Gasteiger partial charge in [0.2, 0.25) is 18.0 Å². The molecule has 0 unspecified atom stereocenters. The van der Waals surface area contributed by atoms with Crippen molar-refractivity contribution in [3.05, 3.63) is 69.7 Å². The van der Waals surface area contributed by atoms with Crippen LogP contribution in [-0.4, -0.2) is 29.9 Å². The lowest BCUT2D eigenvalue weighted by atomic mass is 10.0. The van der Waals surface area contributed by atoms with Gasteiger partial charge in [0.1, 0.15) is 0 Å². The molecule has 164 valence electrons. The molecule has 7 nitrogen and oxygen atoms in total. The number of hydrogen-bond donors (Lipinski definition) is 0. The number of hydrogen-bond acceptors (Lipinski definition) is 6. The van der Waals surface area contributed by atoms with E-state index >= 15 is 0 Å². The standard InChI is InChI=1S/C23H18Cl2N2O5/c1-12(28)27-23(19-20(25)17(24)11-18(30-3)21(19)31-13(2)29)32-22(26-27)16-10-6-8-14-7-4-5-9-15(14)16/h4-11,23H,1-3H3/t23-/m1/s1. The number of benzene rings is 3. The van der Waals surface area contributed by atoms with E-state index < -0.39 is 18.1 Å². The van der Waals surface area contributed by atoms with Crippen LogP contribution in [0.15, 0.2) is 53.6 Å². The normalized spacial score (nSPS) is 15.3. The molecule has 1 aliphatic heterocycles. The fourth-order valence-corrected chi connectivity index (χ4v) is 3.94. The van der Waals surface area contributed by atoms with Crippen LogP contribution in [0.25, 0.3) is 10.8 Å². The lowest BCUT2D eigenvalue weighted by Gasteiger charge is -2.24. The van der Waals surface area contributed by atoms with Crippen LogP contribution < -0.4 is 9.47 Å². The molecule has 0 N–H and O–H groups in total. The predicted octanol–water partition coefficient (Wildman–Crippen LogP) is 5.32. The summed E-state index contributed by atoms with van der Waals surface area (Å²) >= 11 is 12.8. The van der Waals surface area contributed by atoms with E-state index in [4.69, 9.17) is 37.4 Å². The Balaban J connectivity index is 1.88. The van der Waals surface area contributed by atoms with Crippen molar-refractivity contribution in [2.75, 3.05) is 7.11 Å². The second-order valence-electron chi connectivity index (χ2n) is 6.98. The SMILES string of the molecule is COc1cc(Cl)c(Cl)c([C@H]2OC(c3cccc4ccccc34)=NN2C(C)=O)c1OC(C)=O. The highest BCUT2D eigenvalue weighted by atomic mass is 35.5. The van der Waals surface area contributed by atoms with E-state index in [0.29, 0.717) is 5.56 Å². The summed E-state index contributed by atoms with van der Waals surface area (Å²) in [5, 5.41) is 7.60. The first-order valence-corrected chi connectivity index (χ1v) is 10.3. The van der Waals surface area contributed by atoms with Gasteiger partial charge in [-0.25, -0.2) is 0 Å². The smallest absolute Gasteiger partial charge is 0.308 e. The summed E-state index contributed by atoms with van der Waals surface area (Å²) in [6.45, 7) is 2.58. The first-order valence-electron chi connectivity index (χ1n) is 9.59. The molecule has 0 aliphatic carbocycles. The number of carbonyl (C=O) groups excluding carboxylic acids is 2. The zero-order valence-corrected chi connectivity index (χ0v) is 18.9. The summed E-state index contributed by atoms with van der Waals surface area (Å²) in [6.07, 6.45) is -1.13. The molecule has 0 bridgehead atoms. The third-order valence-electron chi connectivity index (χ3n) is 4.87. The Labute approximate surface area is 194 Å². The topological polar surface area (TPSA) is 77.4 Å². The van der Waals surface area contributed by atoms with Crippen LogP contribution in [0.4, 0.5) is 0 Å². The highest BCUT2D eigenvalue weighted by molar-refractivity contribution is 6.42. The van der Waals surface area contributed by atoms with Crippen LogP contribution in [0.5, 0.6) is 11.5 Å². The van der Waals surface area contributed by atoms with Crippen molar-refractivity contribution in [3.63, 3.8) is 0 Å². The van der Waals surface area contributed by atoms with Crippen molar-refractivity contribution in [2.45, 2.75) is 20.1 Å². The Hall–Kier alpha value is -3.29. The Morgan fingerprint density at radius 3 is 2.50 bits per heavy atom. The summed E-state index contributed by atoms with van der Waals surface area (Å²) in [4.78, 5) is 24.3. The van der Waals surface area contributed by atoms with Gasteiger partial charge < -0.3 is 14.2 Å². The minimum atomic E-state index is -1.13. The quantitative estimate of drug-likeness (QED) is 0.379. The summed E-state index contributed by atoms with van der Waals surface area (Å²) in [6, 6.07) is 14.8. The van der Waals surface area contributed by atoms with Gasteiger partial charge in [-0.1, -0.05) is 59.6 Å². The van der Waals surface area contributed by atoms with E-state index in [0.717, 1.165) is 15.8 Å². The second-order valence-corrected chi connectivity index (χ2v) is 7.76. The Morgan fingerprint density at radius 1 is 1.09 bits per heavy atom. The van der Waals surface area contributed by atoms with Crippen LogP contribution in [0.2, 0.25) is 10.0 Å². The van der Waals surface area contributed by atoms with Gasteiger partial charge in [0.15, 0.2) is 11.5 Å². The number of rotatable bonds is 4. The molecular weight excluding hydrogens is 455 g/mol. The zero-order chi connectivity index (χ0) is 23.0. The minimum absolute atomic E-state index is 0.0000183. The number of halogens is 2. The van der Waals surface area contributed by atoms with E-state index in [1.165, 1.54) is 27.0 Å². The summed E-state index contributed by atoms with van der Waals surface area (Å²) in [7, 11) is 1.40. The maximum absolute atomic E-state index is 12.5. The number of fused-ring (bicyclic) bond motifs is 1. The predicted molar refractivity (Wildman–Crippen MR) is 121 cm³/mol. The first kappa shape index (κ1) is 21.9. The molecule has 3 aromatic carbocycles. The number of ether oxygens (including phenoxy) is 3. The van der Waals surface area contributed by atoms with Gasteiger partial charge in [0, 0.05) is 25.5 Å². The molecule has 0 aromatic heterocycles. The second kappa shape index (κ2) is 8.68. The Bertz CT molecular complexity index is 1270. The number of esters is 1. The molecule has 0 spiro atoms. The largest absolute Gasteiger partial charge is 0.493 e. The number of hydrazone groups is 1. The fraction of sp³-hybridized carbons (Fsp3) is 0.174. The third kappa shape index (κ3) is 3.85. The highest BCUT2D eigenvalue weighted by Gasteiger charge is 2.39. The molecular formula is C23H18Cl2N2O5. The molecule has 1 amide bonds. The van der Waals surface area contributed by atoms with E-state index in [9.17, 15) is 9.59 Å². The van der Waals surface area contributed by atoms with Crippen molar-refractivity contribution in [2.24, 2.45) is 5.10 Å². The van der Waals surface area contributed by atoms with E-state index in [-0.39, 0.29) is 33.0 Å². The molecule has 0 fully saturated rings. The van der Waals surface area contributed by atoms with Crippen LogP contribution in [-0.2, 0) is 14.3 Å². The average molecular weight is 473 g/mol. The van der Waals surface area contributed by atoms with Crippen molar-refractivity contribution < 1.29 is 23.8 Å². The Morgan fingerprint density at radius 2 is 1.81 bits per heavy atom. The van der Waals surface area contributed by atoms with Crippen LogP contribution >= 0.6 is 23.2 Å². The maximum atomic E-state index is 12.5. The van der Waals surface area contributed by atoms with E-state index in [2.05, 4.69) is 5.10 Å². The minimum Gasteiger partial charge on any atom is -0.493 e. The van der Waals surface area contributed by atoms with Gasteiger partial charge in [-0.15, -0.1) is 5.10 Å². The summed E-state index contributed by atoms with van der Waals surface area (Å²) < 4.78 is 16.8. The summed E-state index contributed by atoms with van der Waals surface area (Å²) in [5.74, 6) is -0.638. The van der Waals surface area contributed by atoms with Crippen molar-refractivity contribution in [3.8, 4) is 11.5 Å². The van der Waals surface area contributed by atoms with Gasteiger partial charge >= 0.3 is 5.97 Å². The molecule has 0 radical (unpaired) electrons. The van der Waals surface area contributed by atoms with Crippen molar-refractivity contribution >= 4 is 51.7 Å². The van der Waals surface area contributed by atoms with Crippen LogP contribution in [0.1, 0.15) is 31.2 Å². The number of nitrogens with zero attached hydrogens (tertiary/aromatic N) is 2. The summed E-state index contributed by atoms with van der Waals surface area (Å²) in [5.41, 5.74) is 0.844. The average Bonchev–Trinajstić information content (AvgIpc) is 3.20. The first-order chi connectivity index (χ1) is 15.3. The van der Waals surface area contributed by atoms with E-state index in [1.807, 2.05) is 42.5 Å². The molecule has 3 aromatic rings. The monoisotopic (exact) mass is 472 g/mol. The molecule has 1 aliphatic rings.